The van der Waals surface area contributed by atoms with Crippen molar-refractivity contribution in [3.63, 3.8) is 0 Å². The van der Waals surface area contributed by atoms with Crippen LogP contribution in [-0.2, 0) is 9.59 Å². The third kappa shape index (κ3) is 5.58. The highest BCUT2D eigenvalue weighted by Gasteiger charge is 2.39. The molecule has 216 valence electrons. The number of ether oxygens (including phenoxy) is 2. The van der Waals surface area contributed by atoms with E-state index in [0.717, 1.165) is 40.8 Å². The highest BCUT2D eigenvalue weighted by molar-refractivity contribution is 8.00. The summed E-state index contributed by atoms with van der Waals surface area (Å²) in [6, 6.07) is 21.3. The number of methoxy groups -OCH3 is 2. The van der Waals surface area contributed by atoms with E-state index >= 15 is 0 Å². The topological polar surface area (TPSA) is 85.7 Å². The molecule has 0 bridgehead atoms. The van der Waals surface area contributed by atoms with Crippen LogP contribution in [0.4, 0.5) is 5.82 Å². The lowest BCUT2D eigenvalue weighted by atomic mass is 9.98. The van der Waals surface area contributed by atoms with E-state index in [9.17, 15) is 9.59 Å². The van der Waals surface area contributed by atoms with Gasteiger partial charge in [0.25, 0.3) is 0 Å². The smallest absolute Gasteiger partial charge is 0.240 e. The number of hydrogen-bond donors (Lipinski definition) is 1. The number of anilines is 1. The molecular formula is C32H31ClN4O4S. The van der Waals surface area contributed by atoms with Crippen LogP contribution in [0.15, 0.2) is 66.7 Å². The van der Waals surface area contributed by atoms with E-state index in [-0.39, 0.29) is 35.4 Å². The minimum Gasteiger partial charge on any atom is -0.497 e. The Morgan fingerprint density at radius 1 is 1.05 bits per heavy atom. The highest BCUT2D eigenvalue weighted by Crippen LogP contribution is 2.51. The predicted molar refractivity (Wildman–Crippen MR) is 166 cm³/mol. The van der Waals surface area contributed by atoms with E-state index in [1.165, 1.54) is 11.8 Å². The van der Waals surface area contributed by atoms with Crippen molar-refractivity contribution in [2.75, 3.05) is 31.4 Å². The summed E-state index contributed by atoms with van der Waals surface area (Å²) in [6.07, 6.45) is 1.92. The first-order valence-corrected chi connectivity index (χ1v) is 15.2. The van der Waals surface area contributed by atoms with Gasteiger partial charge in [0.15, 0.2) is 0 Å². The van der Waals surface area contributed by atoms with E-state index in [1.807, 2.05) is 73.7 Å². The number of nitrogens with one attached hydrogen (secondary N) is 1. The zero-order chi connectivity index (χ0) is 29.4. The van der Waals surface area contributed by atoms with Crippen LogP contribution < -0.4 is 19.7 Å². The number of nitrogens with zero attached hydrogens (tertiary/aromatic N) is 3. The van der Waals surface area contributed by atoms with E-state index in [2.05, 4.69) is 5.32 Å². The number of carbonyl (C=O) groups excluding carboxylic acids is 2. The fourth-order valence-corrected chi connectivity index (χ4v) is 6.48. The van der Waals surface area contributed by atoms with Crippen molar-refractivity contribution in [3.8, 4) is 28.4 Å². The Morgan fingerprint density at radius 2 is 1.79 bits per heavy atom. The second kappa shape index (κ2) is 11.7. The molecule has 42 heavy (non-hydrogen) atoms. The number of aromatic nitrogens is 2. The number of benzene rings is 3. The fourth-order valence-electron chi connectivity index (χ4n) is 5.14. The first-order chi connectivity index (χ1) is 20.4. The van der Waals surface area contributed by atoms with Gasteiger partial charge >= 0.3 is 0 Å². The lowest BCUT2D eigenvalue weighted by Gasteiger charge is -2.23. The maximum absolute atomic E-state index is 13.9. The van der Waals surface area contributed by atoms with Crippen LogP contribution in [0, 0.1) is 6.92 Å². The fraction of sp³-hybridized carbons (Fsp3) is 0.281. The van der Waals surface area contributed by atoms with E-state index in [4.69, 9.17) is 26.2 Å². The minimum atomic E-state index is -0.365. The maximum atomic E-state index is 13.9. The molecule has 0 radical (unpaired) electrons. The summed E-state index contributed by atoms with van der Waals surface area (Å²) < 4.78 is 13.2. The van der Waals surface area contributed by atoms with Crippen molar-refractivity contribution < 1.29 is 19.1 Å². The Morgan fingerprint density at radius 3 is 2.45 bits per heavy atom. The van der Waals surface area contributed by atoms with Crippen LogP contribution in [0.2, 0.25) is 5.02 Å². The predicted octanol–water partition coefficient (Wildman–Crippen LogP) is 5.97. The van der Waals surface area contributed by atoms with Gasteiger partial charge in [-0.1, -0.05) is 41.4 Å². The van der Waals surface area contributed by atoms with Crippen molar-refractivity contribution in [3.05, 3.63) is 88.4 Å². The summed E-state index contributed by atoms with van der Waals surface area (Å²) in [4.78, 5) is 28.7. The van der Waals surface area contributed by atoms with Gasteiger partial charge in [-0.25, -0.2) is 4.68 Å². The average Bonchev–Trinajstić information content (AvgIpc) is 3.75. The number of halogens is 1. The Kier molecular flexibility index (Phi) is 7.88. The zero-order valence-corrected chi connectivity index (χ0v) is 25.2. The molecule has 1 aromatic heterocycles. The molecule has 3 aromatic carbocycles. The van der Waals surface area contributed by atoms with Gasteiger partial charge in [-0.2, -0.15) is 5.10 Å². The van der Waals surface area contributed by atoms with Crippen molar-refractivity contribution in [1.29, 1.82) is 0 Å². The quantitative estimate of drug-likeness (QED) is 0.268. The molecule has 0 unspecified atom stereocenters. The number of fused-ring (bicyclic) bond motifs is 1. The number of aryl methyl sites for hydroxylation is 1. The lowest BCUT2D eigenvalue weighted by molar-refractivity contribution is -0.123. The van der Waals surface area contributed by atoms with Gasteiger partial charge in [0, 0.05) is 27.8 Å². The number of hydrogen-bond acceptors (Lipinski definition) is 6. The molecule has 1 atom stereocenters. The number of rotatable bonds is 8. The molecule has 0 saturated heterocycles. The van der Waals surface area contributed by atoms with Crippen LogP contribution in [0.25, 0.3) is 16.9 Å². The molecule has 6 rings (SSSR count). The Balaban J connectivity index is 1.63. The molecule has 4 aromatic rings. The first kappa shape index (κ1) is 28.2. The zero-order valence-electron chi connectivity index (χ0n) is 23.6. The maximum Gasteiger partial charge on any atom is 0.240 e. The minimum absolute atomic E-state index is 0.109. The van der Waals surface area contributed by atoms with Crippen molar-refractivity contribution in [2.45, 2.75) is 31.1 Å². The first-order valence-electron chi connectivity index (χ1n) is 13.8. The van der Waals surface area contributed by atoms with Crippen LogP contribution in [0.3, 0.4) is 0 Å². The van der Waals surface area contributed by atoms with Gasteiger partial charge in [-0.05, 0) is 62.2 Å². The second-order valence-electron chi connectivity index (χ2n) is 10.5. The molecular weight excluding hydrogens is 572 g/mol. The van der Waals surface area contributed by atoms with E-state index in [0.29, 0.717) is 28.0 Å². The van der Waals surface area contributed by atoms with Crippen molar-refractivity contribution in [1.82, 2.24) is 15.1 Å². The van der Waals surface area contributed by atoms with Crippen LogP contribution in [-0.4, -0.2) is 54.2 Å². The molecule has 1 saturated carbocycles. The number of carbonyl (C=O) groups is 2. The number of amides is 2. The van der Waals surface area contributed by atoms with Gasteiger partial charge < -0.3 is 14.8 Å². The molecule has 2 heterocycles. The molecule has 10 heteroatoms. The highest BCUT2D eigenvalue weighted by atomic mass is 35.5. The summed E-state index contributed by atoms with van der Waals surface area (Å²) in [5.74, 6) is 1.68. The van der Waals surface area contributed by atoms with E-state index in [1.54, 1.807) is 23.8 Å². The standard InChI is InChI=1S/C32H31ClN4O4S/c1-19-4-12-23(13-5-19)37-32-29(30(35-37)20-6-8-21(33)9-7-20)31(25-16-24(40-2)14-15-26(25)41-3)42-18-28(39)36(32)17-27(38)34-22-10-11-22/h4-9,12-16,22,31H,10-11,17-18H2,1-3H3,(H,34,38)/t31-/m1/s1. The summed E-state index contributed by atoms with van der Waals surface area (Å²) in [5, 5.41) is 8.42. The van der Waals surface area contributed by atoms with Crippen molar-refractivity contribution in [2.24, 2.45) is 0 Å². The molecule has 2 amide bonds. The van der Waals surface area contributed by atoms with Crippen LogP contribution >= 0.6 is 23.4 Å². The monoisotopic (exact) mass is 602 g/mol. The molecule has 1 N–H and O–H groups in total. The van der Waals surface area contributed by atoms with Gasteiger partial charge in [0.1, 0.15) is 23.9 Å². The normalized spacial score (nSPS) is 16.5. The second-order valence-corrected chi connectivity index (χ2v) is 12.0. The Bertz CT molecular complexity index is 1630. The molecule has 8 nitrogen and oxygen atoms in total. The SMILES string of the molecule is COc1ccc(OC)c([C@H]2SCC(=O)N(CC(=O)NC3CC3)c3c2c(-c2ccc(Cl)cc2)nn3-c2ccc(C)cc2)c1. The summed E-state index contributed by atoms with van der Waals surface area (Å²) in [7, 11) is 3.25. The van der Waals surface area contributed by atoms with Gasteiger partial charge in [0.2, 0.25) is 11.8 Å². The number of thioether (sulfide) groups is 1. The van der Waals surface area contributed by atoms with Gasteiger partial charge in [-0.15, -0.1) is 11.8 Å². The van der Waals surface area contributed by atoms with Crippen molar-refractivity contribution >= 4 is 41.0 Å². The third-order valence-corrected chi connectivity index (χ3v) is 8.94. The third-order valence-electron chi connectivity index (χ3n) is 7.45. The lowest BCUT2D eigenvalue weighted by Crippen LogP contribution is -2.43. The van der Waals surface area contributed by atoms with E-state index < -0.39 is 0 Å². The van der Waals surface area contributed by atoms with Gasteiger partial charge in [0.05, 0.1) is 36.6 Å². The molecule has 1 fully saturated rings. The van der Waals surface area contributed by atoms with Gasteiger partial charge in [-0.3, -0.25) is 14.5 Å². The van der Waals surface area contributed by atoms with Crippen LogP contribution in [0.5, 0.6) is 11.5 Å². The summed E-state index contributed by atoms with van der Waals surface area (Å²) in [5.41, 5.74) is 5.05. The van der Waals surface area contributed by atoms with Crippen LogP contribution in [0.1, 0.15) is 34.8 Å². The summed E-state index contributed by atoms with van der Waals surface area (Å²) >= 11 is 7.75. The molecule has 1 aliphatic heterocycles. The molecule has 1 aliphatic carbocycles. The largest absolute Gasteiger partial charge is 0.497 e. The average molecular weight is 603 g/mol. The molecule has 2 aliphatic rings. The Labute approximate surface area is 253 Å². The Hall–Kier alpha value is -3.95. The summed E-state index contributed by atoms with van der Waals surface area (Å²) in [6.45, 7) is 1.91. The molecule has 0 spiro atoms.